The van der Waals surface area contributed by atoms with E-state index in [0.29, 0.717) is 13.2 Å². The second-order valence-electron chi connectivity index (χ2n) is 5.99. The third-order valence-electron chi connectivity index (χ3n) is 2.76. The third-order valence-corrected chi connectivity index (χ3v) is 2.76. The van der Waals surface area contributed by atoms with Gasteiger partial charge in [-0.25, -0.2) is 4.39 Å². The van der Waals surface area contributed by atoms with Crippen molar-refractivity contribution in [2.75, 3.05) is 19.8 Å². The maximum absolute atomic E-state index is 13.9. The zero-order chi connectivity index (χ0) is 15.9. The molecule has 1 aromatic carbocycles. The van der Waals surface area contributed by atoms with Gasteiger partial charge in [0.1, 0.15) is 12.7 Å². The molecule has 1 atom stereocenters. The Morgan fingerprint density at radius 3 is 2.57 bits per heavy atom. The summed E-state index contributed by atoms with van der Waals surface area (Å²) in [6.07, 6.45) is -0.758. The Balaban J connectivity index is 2.50. The number of hydrogen-bond donors (Lipinski definition) is 2. The van der Waals surface area contributed by atoms with Gasteiger partial charge in [-0.1, -0.05) is 6.07 Å². The predicted octanol–water partition coefficient (Wildman–Crippen LogP) is 2.49. The molecule has 2 N–H and O–H groups in total. The van der Waals surface area contributed by atoms with Crippen LogP contribution in [0, 0.1) is 5.82 Å². The molecule has 5 heteroatoms. The van der Waals surface area contributed by atoms with Gasteiger partial charge in [-0.2, -0.15) is 0 Å². The molecule has 0 radical (unpaired) electrons. The quantitative estimate of drug-likeness (QED) is 0.774. The van der Waals surface area contributed by atoms with Gasteiger partial charge in [-0.05, 0) is 45.4 Å². The smallest absolute Gasteiger partial charge is 0.165 e. The topological polar surface area (TPSA) is 50.7 Å². The molecule has 1 unspecified atom stereocenters. The first-order valence-electron chi connectivity index (χ1n) is 7.24. The minimum Gasteiger partial charge on any atom is -0.488 e. The van der Waals surface area contributed by atoms with Crippen molar-refractivity contribution in [3.63, 3.8) is 0 Å². The highest BCUT2D eigenvalue weighted by atomic mass is 19.1. The van der Waals surface area contributed by atoms with Crippen LogP contribution in [-0.4, -0.2) is 36.6 Å². The molecule has 120 valence electrons. The molecular weight excluding hydrogens is 273 g/mol. The predicted molar refractivity (Wildman–Crippen MR) is 81.0 cm³/mol. The van der Waals surface area contributed by atoms with Crippen LogP contribution >= 0.6 is 0 Å². The van der Waals surface area contributed by atoms with E-state index in [1.165, 1.54) is 6.07 Å². The first-order valence-corrected chi connectivity index (χ1v) is 7.24. The van der Waals surface area contributed by atoms with Gasteiger partial charge in [-0.15, -0.1) is 0 Å². The SMILES string of the molecule is CCOCC(O)COc1ccc(CNC(C)(C)C)cc1F. The summed E-state index contributed by atoms with van der Waals surface area (Å²) >= 11 is 0. The van der Waals surface area contributed by atoms with E-state index < -0.39 is 11.9 Å². The molecule has 0 aliphatic rings. The van der Waals surface area contributed by atoms with Crippen molar-refractivity contribution < 1.29 is 19.0 Å². The molecule has 0 amide bonds. The summed E-state index contributed by atoms with van der Waals surface area (Å²) in [6, 6.07) is 4.84. The largest absolute Gasteiger partial charge is 0.488 e. The summed E-state index contributed by atoms with van der Waals surface area (Å²) in [4.78, 5) is 0. The van der Waals surface area contributed by atoms with Gasteiger partial charge in [0.05, 0.1) is 6.61 Å². The Morgan fingerprint density at radius 1 is 1.29 bits per heavy atom. The number of halogens is 1. The molecule has 0 spiro atoms. The monoisotopic (exact) mass is 299 g/mol. The molecule has 21 heavy (non-hydrogen) atoms. The third kappa shape index (κ3) is 7.41. The molecule has 0 aliphatic heterocycles. The lowest BCUT2D eigenvalue weighted by Gasteiger charge is -2.20. The number of rotatable bonds is 8. The van der Waals surface area contributed by atoms with E-state index in [0.717, 1.165) is 5.56 Å². The zero-order valence-electron chi connectivity index (χ0n) is 13.3. The summed E-state index contributed by atoms with van der Waals surface area (Å²) in [5.41, 5.74) is 0.833. The summed E-state index contributed by atoms with van der Waals surface area (Å²) in [7, 11) is 0. The van der Waals surface area contributed by atoms with Crippen LogP contribution in [0.5, 0.6) is 5.75 Å². The highest BCUT2D eigenvalue weighted by molar-refractivity contribution is 5.29. The molecule has 0 saturated heterocycles. The first kappa shape index (κ1) is 17.9. The van der Waals surface area contributed by atoms with Crippen LogP contribution in [-0.2, 0) is 11.3 Å². The minimum atomic E-state index is -0.758. The van der Waals surface area contributed by atoms with E-state index in [1.807, 2.05) is 13.0 Å². The van der Waals surface area contributed by atoms with Crippen LogP contribution in [0.4, 0.5) is 4.39 Å². The van der Waals surface area contributed by atoms with E-state index in [-0.39, 0.29) is 24.5 Å². The van der Waals surface area contributed by atoms with E-state index in [4.69, 9.17) is 9.47 Å². The van der Waals surface area contributed by atoms with Gasteiger partial charge in [0.25, 0.3) is 0 Å². The number of ether oxygens (including phenoxy) is 2. The fourth-order valence-electron chi connectivity index (χ4n) is 1.63. The van der Waals surface area contributed by atoms with Crippen LogP contribution < -0.4 is 10.1 Å². The van der Waals surface area contributed by atoms with E-state index in [2.05, 4.69) is 26.1 Å². The molecule has 0 aliphatic carbocycles. The number of aliphatic hydroxyl groups excluding tert-OH is 1. The Morgan fingerprint density at radius 2 is 2.00 bits per heavy atom. The normalized spacial score (nSPS) is 13.2. The van der Waals surface area contributed by atoms with Gasteiger partial charge in [0.15, 0.2) is 11.6 Å². The van der Waals surface area contributed by atoms with E-state index >= 15 is 0 Å². The van der Waals surface area contributed by atoms with Crippen molar-refractivity contribution >= 4 is 0 Å². The minimum absolute atomic E-state index is 0.0104. The Labute approximate surface area is 126 Å². The highest BCUT2D eigenvalue weighted by Crippen LogP contribution is 2.19. The maximum Gasteiger partial charge on any atom is 0.165 e. The molecule has 4 nitrogen and oxygen atoms in total. The fraction of sp³-hybridized carbons (Fsp3) is 0.625. The lowest BCUT2D eigenvalue weighted by Crippen LogP contribution is -2.35. The average molecular weight is 299 g/mol. The molecule has 0 saturated carbocycles. The van der Waals surface area contributed by atoms with Crippen LogP contribution in [0.2, 0.25) is 0 Å². The van der Waals surface area contributed by atoms with Gasteiger partial charge in [0, 0.05) is 18.7 Å². The van der Waals surface area contributed by atoms with Crippen LogP contribution in [0.3, 0.4) is 0 Å². The number of hydrogen-bond acceptors (Lipinski definition) is 4. The maximum atomic E-state index is 13.9. The summed E-state index contributed by atoms with van der Waals surface area (Å²) in [5.74, 6) is -0.281. The number of aliphatic hydroxyl groups is 1. The van der Waals surface area contributed by atoms with Crippen molar-refractivity contribution in [2.24, 2.45) is 0 Å². The number of nitrogens with one attached hydrogen (secondary N) is 1. The van der Waals surface area contributed by atoms with Gasteiger partial charge in [-0.3, -0.25) is 0 Å². The van der Waals surface area contributed by atoms with Gasteiger partial charge in [0.2, 0.25) is 0 Å². The van der Waals surface area contributed by atoms with Crippen molar-refractivity contribution in [3.8, 4) is 5.75 Å². The average Bonchev–Trinajstić information content (AvgIpc) is 2.41. The summed E-state index contributed by atoms with van der Waals surface area (Å²) < 4.78 is 24.2. The molecule has 0 heterocycles. The van der Waals surface area contributed by atoms with Crippen molar-refractivity contribution in [2.45, 2.75) is 45.9 Å². The van der Waals surface area contributed by atoms with Crippen LogP contribution in [0.25, 0.3) is 0 Å². The lowest BCUT2D eigenvalue weighted by atomic mass is 10.1. The Bertz CT molecular complexity index is 432. The molecule has 0 bridgehead atoms. The van der Waals surface area contributed by atoms with Crippen molar-refractivity contribution in [1.29, 1.82) is 0 Å². The summed E-state index contributed by atoms with van der Waals surface area (Å²) in [6.45, 7) is 9.33. The van der Waals surface area contributed by atoms with Gasteiger partial charge >= 0.3 is 0 Å². The summed E-state index contributed by atoms with van der Waals surface area (Å²) in [5, 5.41) is 12.9. The molecule has 1 rings (SSSR count). The van der Waals surface area contributed by atoms with Crippen LogP contribution in [0.15, 0.2) is 18.2 Å². The molecular formula is C16H26FNO3. The second kappa shape index (κ2) is 8.32. The molecule has 0 aromatic heterocycles. The lowest BCUT2D eigenvalue weighted by molar-refractivity contribution is 0.0157. The van der Waals surface area contributed by atoms with Crippen LogP contribution in [0.1, 0.15) is 33.3 Å². The standard InChI is InChI=1S/C16H26FNO3/c1-5-20-10-13(19)11-21-15-7-6-12(8-14(15)17)9-18-16(2,3)4/h6-8,13,18-19H,5,9-11H2,1-4H3. The molecule has 0 fully saturated rings. The van der Waals surface area contributed by atoms with Crippen molar-refractivity contribution in [1.82, 2.24) is 5.32 Å². The van der Waals surface area contributed by atoms with E-state index in [1.54, 1.807) is 6.07 Å². The Hall–Kier alpha value is -1.17. The second-order valence-corrected chi connectivity index (χ2v) is 5.99. The Kier molecular flexibility index (Phi) is 7.08. The zero-order valence-corrected chi connectivity index (χ0v) is 13.3. The first-order chi connectivity index (χ1) is 9.81. The fourth-order valence-corrected chi connectivity index (χ4v) is 1.63. The molecule has 1 aromatic rings. The van der Waals surface area contributed by atoms with E-state index in [9.17, 15) is 9.50 Å². The highest BCUT2D eigenvalue weighted by Gasteiger charge is 2.11. The number of benzene rings is 1. The van der Waals surface area contributed by atoms with Crippen molar-refractivity contribution in [3.05, 3.63) is 29.6 Å². The van der Waals surface area contributed by atoms with Gasteiger partial charge < -0.3 is 19.9 Å².